The molecule has 0 unspecified atom stereocenters. The van der Waals surface area contributed by atoms with E-state index < -0.39 is 0 Å². The summed E-state index contributed by atoms with van der Waals surface area (Å²) in [6, 6.07) is 12.5. The molecule has 0 fully saturated rings. The predicted octanol–water partition coefficient (Wildman–Crippen LogP) is 4.33. The standard InChI is InChI=1S/C23H24N4O4S2/c1-14-7-8-20(31-3)19(9-14)27-21(29)11-18-12-32-23(26-18)33-13-22(30)25-17-6-4-5-16(10-17)24-15(2)28/h4-10,12H,11,13H2,1-3H3,(H,24,28)(H,25,30)(H,27,29). The topological polar surface area (TPSA) is 109 Å². The number of methoxy groups -OCH3 is 1. The second kappa shape index (κ2) is 11.5. The number of carbonyl (C=O) groups excluding carboxylic acids is 3. The van der Waals surface area contributed by atoms with Gasteiger partial charge in [0.1, 0.15) is 5.75 Å². The smallest absolute Gasteiger partial charge is 0.234 e. The predicted molar refractivity (Wildman–Crippen MR) is 132 cm³/mol. The zero-order chi connectivity index (χ0) is 23.8. The third-order valence-corrected chi connectivity index (χ3v) is 6.36. The molecule has 3 N–H and O–H groups in total. The first-order valence-corrected chi connectivity index (χ1v) is 11.9. The summed E-state index contributed by atoms with van der Waals surface area (Å²) in [7, 11) is 1.56. The number of hydrogen-bond donors (Lipinski definition) is 3. The Balaban J connectivity index is 1.49. The minimum absolute atomic E-state index is 0.121. The van der Waals surface area contributed by atoms with Crippen molar-refractivity contribution >= 4 is 57.9 Å². The minimum Gasteiger partial charge on any atom is -0.495 e. The van der Waals surface area contributed by atoms with Crippen molar-refractivity contribution in [3.63, 3.8) is 0 Å². The van der Waals surface area contributed by atoms with Gasteiger partial charge in [-0.15, -0.1) is 11.3 Å². The van der Waals surface area contributed by atoms with Crippen molar-refractivity contribution < 1.29 is 19.1 Å². The maximum absolute atomic E-state index is 12.4. The van der Waals surface area contributed by atoms with Gasteiger partial charge in [0, 0.05) is 23.7 Å². The average molecular weight is 485 g/mol. The lowest BCUT2D eigenvalue weighted by molar-refractivity contribution is -0.116. The van der Waals surface area contributed by atoms with Crippen LogP contribution in [0.5, 0.6) is 5.75 Å². The average Bonchev–Trinajstić information content (AvgIpc) is 3.19. The van der Waals surface area contributed by atoms with Crippen LogP contribution in [0, 0.1) is 6.92 Å². The Bertz CT molecular complexity index is 1160. The van der Waals surface area contributed by atoms with E-state index in [4.69, 9.17) is 4.74 Å². The second-order valence-corrected chi connectivity index (χ2v) is 9.21. The van der Waals surface area contributed by atoms with E-state index in [0.717, 1.165) is 5.56 Å². The highest BCUT2D eigenvalue weighted by Gasteiger charge is 2.12. The molecule has 0 atom stereocenters. The van der Waals surface area contributed by atoms with Crippen LogP contribution in [0.15, 0.2) is 52.2 Å². The summed E-state index contributed by atoms with van der Waals surface area (Å²) in [5.41, 5.74) is 3.47. The van der Waals surface area contributed by atoms with E-state index in [1.165, 1.54) is 30.0 Å². The van der Waals surface area contributed by atoms with E-state index in [0.29, 0.717) is 32.8 Å². The van der Waals surface area contributed by atoms with Gasteiger partial charge in [0.05, 0.1) is 30.7 Å². The molecule has 1 aromatic heterocycles. The number of aromatic nitrogens is 1. The zero-order valence-corrected chi connectivity index (χ0v) is 20.1. The van der Waals surface area contributed by atoms with Crippen LogP contribution in [0.1, 0.15) is 18.2 Å². The molecule has 0 radical (unpaired) electrons. The van der Waals surface area contributed by atoms with Crippen LogP contribution in [-0.2, 0) is 20.8 Å². The van der Waals surface area contributed by atoms with E-state index in [-0.39, 0.29) is 29.9 Å². The summed E-state index contributed by atoms with van der Waals surface area (Å²) in [5.74, 6) is 0.195. The second-order valence-electron chi connectivity index (χ2n) is 7.13. The Morgan fingerprint density at radius 2 is 1.79 bits per heavy atom. The lowest BCUT2D eigenvalue weighted by atomic mass is 10.2. The van der Waals surface area contributed by atoms with Crippen LogP contribution in [0.25, 0.3) is 0 Å². The van der Waals surface area contributed by atoms with Crippen molar-refractivity contribution in [1.29, 1.82) is 0 Å². The molecular weight excluding hydrogens is 460 g/mol. The summed E-state index contributed by atoms with van der Waals surface area (Å²) in [4.78, 5) is 40.3. The van der Waals surface area contributed by atoms with E-state index in [1.54, 1.807) is 31.4 Å². The summed E-state index contributed by atoms with van der Waals surface area (Å²) in [5, 5.41) is 10.1. The lowest BCUT2D eigenvalue weighted by Crippen LogP contribution is -2.15. The largest absolute Gasteiger partial charge is 0.495 e. The normalized spacial score (nSPS) is 10.4. The van der Waals surface area contributed by atoms with E-state index in [2.05, 4.69) is 20.9 Å². The fraction of sp³-hybridized carbons (Fsp3) is 0.217. The van der Waals surface area contributed by atoms with Gasteiger partial charge in [0.15, 0.2) is 4.34 Å². The maximum Gasteiger partial charge on any atom is 0.234 e. The van der Waals surface area contributed by atoms with Crippen molar-refractivity contribution in [2.75, 3.05) is 28.8 Å². The van der Waals surface area contributed by atoms with Crippen molar-refractivity contribution in [2.45, 2.75) is 24.6 Å². The number of aryl methyl sites for hydroxylation is 1. The van der Waals surface area contributed by atoms with E-state index >= 15 is 0 Å². The molecule has 3 rings (SSSR count). The molecule has 33 heavy (non-hydrogen) atoms. The Morgan fingerprint density at radius 3 is 2.52 bits per heavy atom. The molecule has 2 aromatic carbocycles. The lowest BCUT2D eigenvalue weighted by Gasteiger charge is -2.10. The molecule has 8 nitrogen and oxygen atoms in total. The fourth-order valence-electron chi connectivity index (χ4n) is 2.92. The van der Waals surface area contributed by atoms with Crippen molar-refractivity contribution in [1.82, 2.24) is 4.98 Å². The number of benzene rings is 2. The Morgan fingerprint density at radius 1 is 1.03 bits per heavy atom. The van der Waals surface area contributed by atoms with Gasteiger partial charge in [-0.2, -0.15) is 0 Å². The molecule has 172 valence electrons. The molecule has 0 bridgehead atoms. The third kappa shape index (κ3) is 7.62. The van der Waals surface area contributed by atoms with Crippen LogP contribution in [0.4, 0.5) is 17.1 Å². The van der Waals surface area contributed by atoms with Gasteiger partial charge < -0.3 is 20.7 Å². The molecular formula is C23H24N4O4S2. The first-order chi connectivity index (χ1) is 15.8. The van der Waals surface area contributed by atoms with Gasteiger partial charge in [0.25, 0.3) is 0 Å². The molecule has 1 heterocycles. The molecule has 0 spiro atoms. The zero-order valence-electron chi connectivity index (χ0n) is 18.4. The van der Waals surface area contributed by atoms with Gasteiger partial charge in [-0.3, -0.25) is 14.4 Å². The molecule has 0 saturated carbocycles. The maximum atomic E-state index is 12.4. The fourth-order valence-corrected chi connectivity index (χ4v) is 4.56. The number of ether oxygens (including phenoxy) is 1. The first kappa shape index (κ1) is 24.3. The molecule has 0 saturated heterocycles. The van der Waals surface area contributed by atoms with Crippen molar-refractivity contribution in [2.24, 2.45) is 0 Å². The summed E-state index contributed by atoms with van der Waals surface area (Å²) >= 11 is 2.68. The molecule has 0 aliphatic rings. The SMILES string of the molecule is COc1ccc(C)cc1NC(=O)Cc1csc(SCC(=O)Nc2cccc(NC(C)=O)c2)n1. The van der Waals surface area contributed by atoms with Crippen molar-refractivity contribution in [3.05, 3.63) is 59.1 Å². The number of carbonyl (C=O) groups is 3. The number of thioether (sulfide) groups is 1. The number of nitrogens with zero attached hydrogens (tertiary/aromatic N) is 1. The van der Waals surface area contributed by atoms with Gasteiger partial charge in [-0.05, 0) is 42.8 Å². The van der Waals surface area contributed by atoms with E-state index in [1.807, 2.05) is 30.5 Å². The molecule has 3 aromatic rings. The summed E-state index contributed by atoms with van der Waals surface area (Å²) in [6.45, 7) is 3.36. The van der Waals surface area contributed by atoms with E-state index in [9.17, 15) is 14.4 Å². The minimum atomic E-state index is -0.197. The monoisotopic (exact) mass is 484 g/mol. The van der Waals surface area contributed by atoms with Crippen molar-refractivity contribution in [3.8, 4) is 5.75 Å². The highest BCUT2D eigenvalue weighted by molar-refractivity contribution is 8.01. The number of rotatable bonds is 9. The quantitative estimate of drug-likeness (QED) is 0.390. The molecule has 10 heteroatoms. The van der Waals surface area contributed by atoms with Crippen LogP contribution in [0.2, 0.25) is 0 Å². The molecule has 3 amide bonds. The summed E-state index contributed by atoms with van der Waals surface area (Å²) in [6.07, 6.45) is 0.121. The number of hydrogen-bond acceptors (Lipinski definition) is 7. The highest BCUT2D eigenvalue weighted by Crippen LogP contribution is 2.26. The first-order valence-electron chi connectivity index (χ1n) is 10.0. The van der Waals surface area contributed by atoms with Crippen LogP contribution in [0.3, 0.4) is 0 Å². The number of nitrogens with one attached hydrogen (secondary N) is 3. The Hall–Kier alpha value is -3.37. The molecule has 0 aliphatic heterocycles. The highest BCUT2D eigenvalue weighted by atomic mass is 32.2. The van der Waals surface area contributed by atoms with Gasteiger partial charge in [-0.25, -0.2) is 4.98 Å². The number of thiazole rings is 1. The van der Waals surface area contributed by atoms with Gasteiger partial charge in [0.2, 0.25) is 17.7 Å². The van der Waals surface area contributed by atoms with Crippen LogP contribution < -0.4 is 20.7 Å². The van der Waals surface area contributed by atoms with Gasteiger partial charge in [-0.1, -0.05) is 23.9 Å². The summed E-state index contributed by atoms with van der Waals surface area (Å²) < 4.78 is 5.99. The Kier molecular flexibility index (Phi) is 8.45. The number of anilines is 3. The third-order valence-electron chi connectivity index (χ3n) is 4.29. The number of amides is 3. The van der Waals surface area contributed by atoms with Crippen LogP contribution in [-0.4, -0.2) is 35.6 Å². The van der Waals surface area contributed by atoms with Crippen LogP contribution >= 0.6 is 23.1 Å². The van der Waals surface area contributed by atoms with Gasteiger partial charge >= 0.3 is 0 Å². The Labute approximate surface area is 200 Å². The molecule has 0 aliphatic carbocycles.